The molecule has 0 aliphatic carbocycles. The molecule has 10 heteroatoms. The largest absolute Gasteiger partial charge is 0.493 e. The lowest BCUT2D eigenvalue weighted by Crippen LogP contribution is -2.27. The van der Waals surface area contributed by atoms with Crippen LogP contribution in [0.3, 0.4) is 0 Å². The van der Waals surface area contributed by atoms with Gasteiger partial charge in [0.2, 0.25) is 10.0 Å². The number of amides is 1. The van der Waals surface area contributed by atoms with Gasteiger partial charge in [-0.3, -0.25) is 9.10 Å². The van der Waals surface area contributed by atoms with E-state index in [-0.39, 0.29) is 24.0 Å². The van der Waals surface area contributed by atoms with Gasteiger partial charge in [-0.2, -0.15) is 8.78 Å². The summed E-state index contributed by atoms with van der Waals surface area (Å²) >= 11 is 0. The number of halogens is 2. The highest BCUT2D eigenvalue weighted by Gasteiger charge is 2.26. The molecule has 1 heterocycles. The van der Waals surface area contributed by atoms with E-state index in [1.54, 1.807) is 24.3 Å². The van der Waals surface area contributed by atoms with Crippen LogP contribution >= 0.6 is 0 Å². The number of hydrogen-bond donors (Lipinski definition) is 1. The summed E-state index contributed by atoms with van der Waals surface area (Å²) in [6.07, 6.45) is 2.10. The van der Waals surface area contributed by atoms with Crippen LogP contribution in [0.4, 0.5) is 14.5 Å². The minimum atomic E-state index is -3.34. The molecule has 1 amide bonds. The lowest BCUT2D eigenvalue weighted by molar-refractivity contribution is -0.0512. The molecule has 0 saturated carbocycles. The normalized spacial score (nSPS) is 13.3. The number of anilines is 1. The Morgan fingerprint density at radius 1 is 1.20 bits per heavy atom. The van der Waals surface area contributed by atoms with E-state index >= 15 is 0 Å². The number of hydrogen-bond acceptors (Lipinski definition) is 5. The molecule has 30 heavy (non-hydrogen) atoms. The zero-order valence-electron chi connectivity index (χ0n) is 16.5. The number of fused-ring (bicyclic) bond motifs is 1. The number of sulfonamides is 1. The lowest BCUT2D eigenvalue weighted by Gasteiger charge is -2.16. The lowest BCUT2D eigenvalue weighted by atomic mass is 10.1. The molecule has 2 aromatic carbocycles. The second-order valence-electron chi connectivity index (χ2n) is 6.80. The summed E-state index contributed by atoms with van der Waals surface area (Å²) in [6.45, 7) is -2.32. The Morgan fingerprint density at radius 2 is 1.97 bits per heavy atom. The van der Waals surface area contributed by atoms with Gasteiger partial charge in [0.15, 0.2) is 11.5 Å². The van der Waals surface area contributed by atoms with Gasteiger partial charge >= 0.3 is 6.61 Å². The summed E-state index contributed by atoms with van der Waals surface area (Å²) in [5, 5.41) is 2.78. The van der Waals surface area contributed by atoms with E-state index in [1.807, 2.05) is 0 Å². The molecule has 1 aliphatic heterocycles. The van der Waals surface area contributed by atoms with Crippen molar-refractivity contribution < 1.29 is 31.5 Å². The van der Waals surface area contributed by atoms with Crippen molar-refractivity contribution in [3.8, 4) is 11.5 Å². The topological polar surface area (TPSA) is 84.9 Å². The number of benzene rings is 2. The Morgan fingerprint density at radius 3 is 2.63 bits per heavy atom. The Labute approximate surface area is 173 Å². The maximum atomic E-state index is 12.5. The SMILES string of the molecule is COc1ccc(CCNC(=O)c2ccc3c(c2)CCN3S(C)(=O)=O)cc1OC(F)F. The first-order valence-corrected chi connectivity index (χ1v) is 11.0. The first-order valence-electron chi connectivity index (χ1n) is 9.19. The standard InChI is InChI=1S/C20H22F2N2O5S/c1-28-17-6-3-13(11-18(17)29-20(21)22)7-9-23-19(25)15-4-5-16-14(12-15)8-10-24(16)30(2,26)27/h3-6,11-12,20H,7-10H2,1-2H3,(H,23,25). The van der Waals surface area contributed by atoms with Crippen LogP contribution in [-0.2, 0) is 22.9 Å². The Kier molecular flexibility index (Phi) is 6.45. The van der Waals surface area contributed by atoms with Crippen LogP contribution < -0.4 is 19.1 Å². The molecule has 0 spiro atoms. The second-order valence-corrected chi connectivity index (χ2v) is 8.71. The number of nitrogens with zero attached hydrogens (tertiary/aromatic N) is 1. The fraction of sp³-hybridized carbons (Fsp3) is 0.350. The van der Waals surface area contributed by atoms with Crippen LogP contribution in [-0.4, -0.2) is 47.4 Å². The van der Waals surface area contributed by atoms with Crippen LogP contribution in [0.1, 0.15) is 21.5 Å². The van der Waals surface area contributed by atoms with Gasteiger partial charge in [-0.15, -0.1) is 0 Å². The van der Waals surface area contributed by atoms with E-state index in [0.717, 1.165) is 11.8 Å². The number of ether oxygens (including phenoxy) is 2. The predicted molar refractivity (Wildman–Crippen MR) is 108 cm³/mol. The van der Waals surface area contributed by atoms with Gasteiger partial charge in [0.05, 0.1) is 19.1 Å². The molecule has 0 atom stereocenters. The molecule has 2 aromatic rings. The monoisotopic (exact) mass is 440 g/mol. The van der Waals surface area contributed by atoms with E-state index < -0.39 is 16.6 Å². The maximum Gasteiger partial charge on any atom is 0.387 e. The van der Waals surface area contributed by atoms with Crippen LogP contribution in [0.5, 0.6) is 11.5 Å². The minimum absolute atomic E-state index is 0.0645. The van der Waals surface area contributed by atoms with Crippen molar-refractivity contribution in [2.24, 2.45) is 0 Å². The fourth-order valence-electron chi connectivity index (χ4n) is 3.34. The summed E-state index contributed by atoms with van der Waals surface area (Å²) in [6, 6.07) is 9.60. The fourth-order valence-corrected chi connectivity index (χ4v) is 4.30. The van der Waals surface area contributed by atoms with Gasteiger partial charge < -0.3 is 14.8 Å². The average Bonchev–Trinajstić information content (AvgIpc) is 3.11. The second kappa shape index (κ2) is 8.86. The number of carbonyl (C=O) groups is 1. The number of alkyl halides is 2. The summed E-state index contributed by atoms with van der Waals surface area (Å²) < 4.78 is 59.4. The number of carbonyl (C=O) groups excluding carboxylic acids is 1. The molecule has 1 aliphatic rings. The highest BCUT2D eigenvalue weighted by molar-refractivity contribution is 7.92. The van der Waals surface area contributed by atoms with E-state index in [1.165, 1.54) is 23.5 Å². The predicted octanol–water partition coefficient (Wildman–Crippen LogP) is 2.59. The summed E-state index contributed by atoms with van der Waals surface area (Å²) in [7, 11) is -1.98. The third-order valence-corrected chi connectivity index (χ3v) is 5.92. The highest BCUT2D eigenvalue weighted by atomic mass is 32.2. The van der Waals surface area contributed by atoms with Gasteiger partial charge in [0, 0.05) is 18.7 Å². The zero-order chi connectivity index (χ0) is 21.9. The summed E-state index contributed by atoms with van der Waals surface area (Å²) in [5.74, 6) is -0.164. The summed E-state index contributed by atoms with van der Waals surface area (Å²) in [5.41, 5.74) is 2.53. The molecule has 0 unspecified atom stereocenters. The molecule has 0 aromatic heterocycles. The van der Waals surface area contributed by atoms with Gasteiger partial charge in [-0.05, 0) is 54.3 Å². The molecule has 3 rings (SSSR count). The van der Waals surface area contributed by atoms with Crippen LogP contribution in [0, 0.1) is 0 Å². The Bertz CT molecular complexity index is 1040. The molecule has 0 bridgehead atoms. The smallest absolute Gasteiger partial charge is 0.387 e. The van der Waals surface area contributed by atoms with Crippen LogP contribution in [0.15, 0.2) is 36.4 Å². The maximum absolute atomic E-state index is 12.5. The van der Waals surface area contributed by atoms with Gasteiger partial charge in [-0.1, -0.05) is 6.07 Å². The highest BCUT2D eigenvalue weighted by Crippen LogP contribution is 2.31. The molecule has 0 fully saturated rings. The molecule has 0 saturated heterocycles. The third-order valence-electron chi connectivity index (χ3n) is 4.74. The number of nitrogens with one attached hydrogen (secondary N) is 1. The quantitative estimate of drug-likeness (QED) is 0.682. The number of rotatable bonds is 8. The van der Waals surface area contributed by atoms with Crippen molar-refractivity contribution in [3.63, 3.8) is 0 Å². The van der Waals surface area contributed by atoms with Crippen molar-refractivity contribution in [2.45, 2.75) is 19.5 Å². The van der Waals surface area contributed by atoms with E-state index in [0.29, 0.717) is 36.2 Å². The minimum Gasteiger partial charge on any atom is -0.493 e. The number of methoxy groups -OCH3 is 1. The van der Waals surface area contributed by atoms with Gasteiger partial charge in [0.25, 0.3) is 5.91 Å². The Balaban J connectivity index is 1.62. The summed E-state index contributed by atoms with van der Waals surface area (Å²) in [4.78, 5) is 12.4. The van der Waals surface area contributed by atoms with Crippen molar-refractivity contribution >= 4 is 21.6 Å². The molecule has 0 radical (unpaired) electrons. The van der Waals surface area contributed by atoms with E-state index in [2.05, 4.69) is 10.1 Å². The van der Waals surface area contributed by atoms with E-state index in [9.17, 15) is 22.0 Å². The molecule has 162 valence electrons. The molecular weight excluding hydrogens is 418 g/mol. The van der Waals surface area contributed by atoms with Crippen LogP contribution in [0.2, 0.25) is 0 Å². The van der Waals surface area contributed by atoms with Gasteiger partial charge in [-0.25, -0.2) is 8.42 Å². The third kappa shape index (κ3) is 4.99. The van der Waals surface area contributed by atoms with E-state index in [4.69, 9.17) is 4.74 Å². The first-order chi connectivity index (χ1) is 14.2. The molecular formula is C20H22F2N2O5S. The first kappa shape index (κ1) is 21.8. The van der Waals surface area contributed by atoms with Crippen molar-refractivity contribution in [1.82, 2.24) is 5.32 Å². The van der Waals surface area contributed by atoms with Crippen molar-refractivity contribution in [2.75, 3.05) is 30.8 Å². The van der Waals surface area contributed by atoms with Crippen molar-refractivity contribution in [1.29, 1.82) is 0 Å². The average molecular weight is 440 g/mol. The Hall–Kier alpha value is -2.88. The van der Waals surface area contributed by atoms with Crippen LogP contribution in [0.25, 0.3) is 0 Å². The molecule has 1 N–H and O–H groups in total. The zero-order valence-corrected chi connectivity index (χ0v) is 17.3. The molecule has 7 nitrogen and oxygen atoms in total. The van der Waals surface area contributed by atoms with Gasteiger partial charge in [0.1, 0.15) is 0 Å². The van der Waals surface area contributed by atoms with Crippen molar-refractivity contribution in [3.05, 3.63) is 53.1 Å².